The number of hydrogen-bond acceptors (Lipinski definition) is 4. The van der Waals surface area contributed by atoms with Crippen molar-refractivity contribution < 1.29 is 13.2 Å². The third-order valence-electron chi connectivity index (χ3n) is 3.96. The Morgan fingerprint density at radius 1 is 1.43 bits per heavy atom. The Morgan fingerprint density at radius 3 is 2.62 bits per heavy atom. The van der Waals surface area contributed by atoms with E-state index in [2.05, 4.69) is 4.57 Å². The summed E-state index contributed by atoms with van der Waals surface area (Å²) in [4.78, 5) is 14.3. The second-order valence-electron chi connectivity index (χ2n) is 5.39. The molecule has 1 unspecified atom stereocenters. The van der Waals surface area contributed by atoms with Crippen LogP contribution in [0.4, 0.5) is 0 Å². The van der Waals surface area contributed by atoms with E-state index in [0.717, 1.165) is 23.7 Å². The van der Waals surface area contributed by atoms with Gasteiger partial charge in [0.25, 0.3) is 5.91 Å². The van der Waals surface area contributed by atoms with Crippen LogP contribution < -0.4 is 0 Å². The Bertz CT molecular complexity index is 649. The maximum Gasteiger partial charge on any atom is 0.256 e. The highest BCUT2D eigenvalue weighted by atomic mass is 32.2. The monoisotopic (exact) mass is 330 g/mol. The summed E-state index contributed by atoms with van der Waals surface area (Å²) in [5.74, 6) is 1.07. The van der Waals surface area contributed by atoms with Crippen LogP contribution in [0.25, 0.3) is 0 Å². The van der Waals surface area contributed by atoms with Gasteiger partial charge in [0.15, 0.2) is 9.84 Å². The lowest BCUT2D eigenvalue weighted by Crippen LogP contribution is -2.50. The van der Waals surface area contributed by atoms with Crippen molar-refractivity contribution in [1.82, 2.24) is 9.47 Å². The smallest absolute Gasteiger partial charge is 0.256 e. The van der Waals surface area contributed by atoms with Crippen molar-refractivity contribution in [2.75, 3.05) is 24.3 Å². The van der Waals surface area contributed by atoms with Gasteiger partial charge in [-0.3, -0.25) is 4.79 Å². The highest BCUT2D eigenvalue weighted by Crippen LogP contribution is 2.24. The first-order valence-electron chi connectivity index (χ1n) is 7.01. The van der Waals surface area contributed by atoms with Gasteiger partial charge in [-0.1, -0.05) is 0 Å². The van der Waals surface area contributed by atoms with Crippen molar-refractivity contribution in [2.45, 2.75) is 32.7 Å². The van der Waals surface area contributed by atoms with E-state index in [1.54, 1.807) is 11.8 Å². The number of aryl methyl sites for hydroxylation is 1. The average molecular weight is 330 g/mol. The van der Waals surface area contributed by atoms with E-state index >= 15 is 0 Å². The van der Waals surface area contributed by atoms with Crippen LogP contribution in [0.5, 0.6) is 0 Å². The van der Waals surface area contributed by atoms with Gasteiger partial charge in [-0.25, -0.2) is 8.42 Å². The van der Waals surface area contributed by atoms with Crippen LogP contribution >= 0.6 is 11.8 Å². The van der Waals surface area contributed by atoms with E-state index in [-0.39, 0.29) is 5.91 Å². The molecule has 21 heavy (non-hydrogen) atoms. The quantitative estimate of drug-likeness (QED) is 0.846. The fraction of sp³-hybridized carbons (Fsp3) is 0.643. The Balaban J connectivity index is 2.38. The molecule has 0 spiro atoms. The molecule has 1 saturated heterocycles. The predicted octanol–water partition coefficient (Wildman–Crippen LogP) is 1.68. The average Bonchev–Trinajstić information content (AvgIpc) is 2.71. The maximum absolute atomic E-state index is 12.8. The molecule has 118 valence electrons. The SMILES string of the molecule is CCn1c(C)cc(C(=O)N2CCSCC2S(C)(=O)=O)c1C. The van der Waals surface area contributed by atoms with Crippen molar-refractivity contribution in [3.8, 4) is 0 Å². The molecule has 1 aromatic rings. The van der Waals surface area contributed by atoms with Gasteiger partial charge in [-0.2, -0.15) is 11.8 Å². The molecule has 1 fully saturated rings. The summed E-state index contributed by atoms with van der Waals surface area (Å²) in [6.45, 7) is 7.20. The van der Waals surface area contributed by atoms with Gasteiger partial charge in [-0.15, -0.1) is 0 Å². The Kier molecular flexibility index (Phi) is 4.72. The largest absolute Gasteiger partial charge is 0.349 e. The summed E-state index contributed by atoms with van der Waals surface area (Å²) >= 11 is 1.59. The highest BCUT2D eigenvalue weighted by molar-refractivity contribution is 8.00. The summed E-state index contributed by atoms with van der Waals surface area (Å²) < 4.78 is 25.9. The molecule has 0 aromatic carbocycles. The Hall–Kier alpha value is -0.950. The van der Waals surface area contributed by atoms with E-state index in [4.69, 9.17) is 0 Å². The van der Waals surface area contributed by atoms with E-state index in [1.165, 1.54) is 11.2 Å². The first-order valence-corrected chi connectivity index (χ1v) is 10.1. The third kappa shape index (κ3) is 3.13. The molecule has 0 saturated carbocycles. The lowest BCUT2D eigenvalue weighted by atomic mass is 10.2. The second kappa shape index (κ2) is 6.04. The van der Waals surface area contributed by atoms with Crippen LogP contribution in [0.15, 0.2) is 6.07 Å². The molecule has 1 amide bonds. The molecule has 2 heterocycles. The van der Waals surface area contributed by atoms with Crippen LogP contribution in [0.2, 0.25) is 0 Å². The van der Waals surface area contributed by atoms with Crippen LogP contribution in [0, 0.1) is 13.8 Å². The zero-order chi connectivity index (χ0) is 15.8. The fourth-order valence-electron chi connectivity index (χ4n) is 2.83. The summed E-state index contributed by atoms with van der Waals surface area (Å²) in [5.41, 5.74) is 2.56. The number of carbonyl (C=O) groups excluding carboxylic acids is 1. The van der Waals surface area contributed by atoms with Gasteiger partial charge >= 0.3 is 0 Å². The number of thioether (sulfide) groups is 1. The number of amides is 1. The molecule has 0 bridgehead atoms. The standard InChI is InChI=1S/C14H22N2O3S2/c1-5-15-10(2)8-12(11(15)3)14(17)16-6-7-20-9-13(16)21(4,18)19/h8,13H,5-7,9H2,1-4H3. The van der Waals surface area contributed by atoms with Crippen LogP contribution in [-0.4, -0.2) is 53.5 Å². The summed E-state index contributed by atoms with van der Waals surface area (Å²) in [6, 6.07) is 1.86. The number of hydrogen-bond donors (Lipinski definition) is 0. The van der Waals surface area contributed by atoms with Crippen LogP contribution in [0.1, 0.15) is 28.7 Å². The first-order chi connectivity index (χ1) is 9.77. The minimum atomic E-state index is -3.27. The molecule has 5 nitrogen and oxygen atoms in total. The fourth-order valence-corrected chi connectivity index (χ4v) is 5.64. The molecule has 1 atom stereocenters. The molecular formula is C14H22N2O3S2. The van der Waals surface area contributed by atoms with Gasteiger partial charge in [0.05, 0.1) is 5.56 Å². The van der Waals surface area contributed by atoms with E-state index in [0.29, 0.717) is 17.9 Å². The second-order valence-corrected chi connectivity index (χ2v) is 8.74. The molecule has 7 heteroatoms. The molecular weight excluding hydrogens is 308 g/mol. The Morgan fingerprint density at radius 2 is 2.10 bits per heavy atom. The Labute approximate surface area is 130 Å². The molecule has 1 aromatic heterocycles. The van der Waals surface area contributed by atoms with Gasteiger partial charge in [-0.05, 0) is 26.8 Å². The zero-order valence-corrected chi connectivity index (χ0v) is 14.6. The minimum absolute atomic E-state index is 0.168. The topological polar surface area (TPSA) is 59.4 Å². The van der Waals surface area contributed by atoms with Crippen molar-refractivity contribution in [3.63, 3.8) is 0 Å². The summed E-state index contributed by atoms with van der Waals surface area (Å²) in [5, 5.41) is -0.714. The molecule has 0 N–H and O–H groups in total. The van der Waals surface area contributed by atoms with Crippen LogP contribution in [-0.2, 0) is 16.4 Å². The van der Waals surface area contributed by atoms with Crippen molar-refractivity contribution in [3.05, 3.63) is 23.0 Å². The lowest BCUT2D eigenvalue weighted by Gasteiger charge is -2.34. The van der Waals surface area contributed by atoms with Crippen LogP contribution in [0.3, 0.4) is 0 Å². The minimum Gasteiger partial charge on any atom is -0.349 e. The van der Waals surface area contributed by atoms with E-state index < -0.39 is 15.2 Å². The van der Waals surface area contributed by atoms with Gasteiger partial charge < -0.3 is 9.47 Å². The molecule has 1 aliphatic heterocycles. The highest BCUT2D eigenvalue weighted by Gasteiger charge is 2.35. The molecule has 2 rings (SSSR count). The van der Waals surface area contributed by atoms with Gasteiger partial charge in [0.2, 0.25) is 0 Å². The summed E-state index contributed by atoms with van der Waals surface area (Å²) in [6.07, 6.45) is 1.21. The number of nitrogens with zero attached hydrogens (tertiary/aromatic N) is 2. The first kappa shape index (κ1) is 16.4. The maximum atomic E-state index is 12.8. The molecule has 1 aliphatic rings. The van der Waals surface area contributed by atoms with Gasteiger partial charge in [0.1, 0.15) is 5.37 Å². The number of carbonyl (C=O) groups is 1. The number of aromatic nitrogens is 1. The normalized spacial score (nSPS) is 19.8. The zero-order valence-electron chi connectivity index (χ0n) is 12.9. The van der Waals surface area contributed by atoms with E-state index in [1.807, 2.05) is 26.8 Å². The molecule has 0 aliphatic carbocycles. The summed E-state index contributed by atoms with van der Waals surface area (Å²) in [7, 11) is -3.27. The van der Waals surface area contributed by atoms with Crippen molar-refractivity contribution in [1.29, 1.82) is 0 Å². The number of sulfone groups is 1. The van der Waals surface area contributed by atoms with Crippen molar-refractivity contribution in [2.24, 2.45) is 0 Å². The molecule has 0 radical (unpaired) electrons. The van der Waals surface area contributed by atoms with Crippen molar-refractivity contribution >= 4 is 27.5 Å². The third-order valence-corrected chi connectivity index (χ3v) is 6.60. The van der Waals surface area contributed by atoms with Gasteiger partial charge in [0, 0.05) is 42.2 Å². The van der Waals surface area contributed by atoms with E-state index in [9.17, 15) is 13.2 Å². The predicted molar refractivity (Wildman–Crippen MR) is 86.6 cm³/mol. The number of rotatable bonds is 3. The lowest BCUT2D eigenvalue weighted by molar-refractivity contribution is 0.0749.